The zero-order valence-corrected chi connectivity index (χ0v) is 13.8. The van der Waals surface area contributed by atoms with Gasteiger partial charge in [0.1, 0.15) is 0 Å². The number of halogens is 2. The van der Waals surface area contributed by atoms with Crippen LogP contribution in [0.25, 0.3) is 0 Å². The van der Waals surface area contributed by atoms with Gasteiger partial charge in [0.05, 0.1) is 6.61 Å². The summed E-state index contributed by atoms with van der Waals surface area (Å²) < 4.78 is 34.5. The van der Waals surface area contributed by atoms with E-state index in [1.807, 2.05) is 0 Å². The molecule has 2 aromatic carbocycles. The van der Waals surface area contributed by atoms with E-state index in [0.29, 0.717) is 24.3 Å². The third kappa shape index (κ3) is 5.42. The lowest BCUT2D eigenvalue weighted by atomic mass is 10.1. The van der Waals surface area contributed by atoms with E-state index in [0.717, 1.165) is 5.56 Å². The van der Waals surface area contributed by atoms with Crippen LogP contribution in [0.5, 0.6) is 11.5 Å². The van der Waals surface area contributed by atoms with Crippen LogP contribution in [0, 0.1) is 0 Å². The lowest BCUT2D eigenvalue weighted by molar-refractivity contribution is -0.0514. The third-order valence-corrected chi connectivity index (χ3v) is 3.43. The summed E-state index contributed by atoms with van der Waals surface area (Å²) in [5.41, 5.74) is 7.68. The number of hydrogen-bond donors (Lipinski definition) is 2. The fraction of sp³-hybridized carbons (Fsp3) is 0.278. The maximum absolute atomic E-state index is 12.4. The number of nitrogens with one attached hydrogen (secondary N) is 1. The Morgan fingerprint density at radius 3 is 2.40 bits per heavy atom. The van der Waals surface area contributed by atoms with Gasteiger partial charge in [0.25, 0.3) is 5.91 Å². The van der Waals surface area contributed by atoms with Crippen molar-refractivity contribution in [1.82, 2.24) is 5.32 Å². The summed E-state index contributed by atoms with van der Waals surface area (Å²) in [7, 11) is 0. The Hall–Kier alpha value is -2.67. The Bertz CT molecular complexity index is 706. The maximum Gasteiger partial charge on any atom is 0.387 e. The smallest absolute Gasteiger partial charge is 0.387 e. The van der Waals surface area contributed by atoms with Gasteiger partial charge in [-0.1, -0.05) is 18.2 Å². The van der Waals surface area contributed by atoms with Gasteiger partial charge in [0, 0.05) is 18.7 Å². The van der Waals surface area contributed by atoms with Crippen molar-refractivity contribution in [2.75, 3.05) is 6.61 Å². The molecular formula is C18H20F2N2O3. The molecule has 0 aromatic heterocycles. The topological polar surface area (TPSA) is 73.6 Å². The predicted octanol–water partition coefficient (Wildman–Crippen LogP) is 3.08. The van der Waals surface area contributed by atoms with Gasteiger partial charge in [-0.2, -0.15) is 8.78 Å². The lowest BCUT2D eigenvalue weighted by Crippen LogP contribution is -2.22. The number of carbonyl (C=O) groups is 1. The van der Waals surface area contributed by atoms with Gasteiger partial charge in [-0.15, -0.1) is 0 Å². The monoisotopic (exact) mass is 350 g/mol. The van der Waals surface area contributed by atoms with Crippen molar-refractivity contribution in [3.8, 4) is 11.5 Å². The van der Waals surface area contributed by atoms with Crippen LogP contribution in [0.15, 0.2) is 42.5 Å². The van der Waals surface area contributed by atoms with E-state index in [1.54, 1.807) is 43.3 Å². The normalized spacial score (nSPS) is 10.6. The highest BCUT2D eigenvalue weighted by molar-refractivity contribution is 5.94. The zero-order chi connectivity index (χ0) is 18.2. The average molecular weight is 350 g/mol. The van der Waals surface area contributed by atoms with E-state index in [1.165, 1.54) is 6.07 Å². The minimum Gasteiger partial charge on any atom is -0.490 e. The standard InChI is InChI=1S/C18H20F2N2O3/c1-2-24-16-9-13(5-8-15(16)25-18(19)20)11-22-17(23)14-6-3-12(10-21)4-7-14/h3-9,18H,2,10-11,21H2,1H3,(H,22,23). The van der Waals surface area contributed by atoms with Crippen LogP contribution in [0.2, 0.25) is 0 Å². The number of nitrogens with two attached hydrogens (primary N) is 1. The van der Waals surface area contributed by atoms with Gasteiger partial charge < -0.3 is 20.5 Å². The molecule has 25 heavy (non-hydrogen) atoms. The minimum atomic E-state index is -2.93. The van der Waals surface area contributed by atoms with Gasteiger partial charge >= 0.3 is 6.61 Å². The van der Waals surface area contributed by atoms with E-state index in [2.05, 4.69) is 10.1 Å². The molecule has 0 heterocycles. The van der Waals surface area contributed by atoms with Crippen LogP contribution < -0.4 is 20.5 Å². The molecular weight excluding hydrogens is 330 g/mol. The van der Waals surface area contributed by atoms with Crippen molar-refractivity contribution >= 4 is 5.91 Å². The lowest BCUT2D eigenvalue weighted by Gasteiger charge is -2.13. The quantitative estimate of drug-likeness (QED) is 0.767. The second-order valence-electron chi connectivity index (χ2n) is 5.18. The summed E-state index contributed by atoms with van der Waals surface area (Å²) in [6, 6.07) is 11.5. The number of alkyl halides is 2. The molecule has 0 spiro atoms. The summed E-state index contributed by atoms with van der Waals surface area (Å²) in [4.78, 5) is 12.1. The van der Waals surface area contributed by atoms with Crippen molar-refractivity contribution < 1.29 is 23.0 Å². The fourth-order valence-corrected chi connectivity index (χ4v) is 2.20. The Balaban J connectivity index is 2.03. The summed E-state index contributed by atoms with van der Waals surface area (Å²) >= 11 is 0. The number of rotatable bonds is 8. The molecule has 0 aliphatic carbocycles. The average Bonchev–Trinajstić information content (AvgIpc) is 2.61. The van der Waals surface area contributed by atoms with Gasteiger partial charge in [-0.3, -0.25) is 4.79 Å². The van der Waals surface area contributed by atoms with Crippen molar-refractivity contribution in [2.45, 2.75) is 26.6 Å². The molecule has 0 aliphatic heterocycles. The van der Waals surface area contributed by atoms with Crippen LogP contribution >= 0.6 is 0 Å². The molecule has 7 heteroatoms. The molecule has 0 saturated carbocycles. The summed E-state index contributed by atoms with van der Waals surface area (Å²) in [6.45, 7) is -0.239. The van der Waals surface area contributed by atoms with E-state index < -0.39 is 6.61 Å². The van der Waals surface area contributed by atoms with Crippen LogP contribution in [-0.2, 0) is 13.1 Å². The molecule has 2 rings (SSSR count). The summed E-state index contributed by atoms with van der Waals surface area (Å²) in [5.74, 6) is -0.0689. The molecule has 0 bridgehead atoms. The van der Waals surface area contributed by atoms with E-state index in [-0.39, 0.29) is 24.0 Å². The van der Waals surface area contributed by atoms with E-state index in [4.69, 9.17) is 10.5 Å². The van der Waals surface area contributed by atoms with Crippen molar-refractivity contribution in [2.24, 2.45) is 5.73 Å². The highest BCUT2D eigenvalue weighted by Crippen LogP contribution is 2.29. The van der Waals surface area contributed by atoms with Gasteiger partial charge in [-0.05, 0) is 42.3 Å². The van der Waals surface area contributed by atoms with Crippen molar-refractivity contribution in [3.63, 3.8) is 0 Å². The fourth-order valence-electron chi connectivity index (χ4n) is 2.20. The van der Waals surface area contributed by atoms with Crippen LogP contribution in [0.1, 0.15) is 28.4 Å². The highest BCUT2D eigenvalue weighted by Gasteiger charge is 2.12. The van der Waals surface area contributed by atoms with Crippen LogP contribution in [0.4, 0.5) is 8.78 Å². The van der Waals surface area contributed by atoms with E-state index >= 15 is 0 Å². The SMILES string of the molecule is CCOc1cc(CNC(=O)c2ccc(CN)cc2)ccc1OC(F)F. The molecule has 3 N–H and O–H groups in total. The first-order valence-electron chi connectivity index (χ1n) is 7.81. The Kier molecular flexibility index (Phi) is 6.71. The minimum absolute atomic E-state index is 0.0377. The molecule has 134 valence electrons. The van der Waals surface area contributed by atoms with Gasteiger partial charge in [0.2, 0.25) is 0 Å². The molecule has 1 amide bonds. The van der Waals surface area contributed by atoms with Crippen molar-refractivity contribution in [1.29, 1.82) is 0 Å². The molecule has 2 aromatic rings. The highest BCUT2D eigenvalue weighted by atomic mass is 19.3. The van der Waals surface area contributed by atoms with Crippen LogP contribution in [-0.4, -0.2) is 19.1 Å². The summed E-state index contributed by atoms with van der Waals surface area (Å²) in [6.07, 6.45) is 0. The predicted molar refractivity (Wildman–Crippen MR) is 89.7 cm³/mol. The maximum atomic E-state index is 12.4. The second-order valence-corrected chi connectivity index (χ2v) is 5.18. The van der Waals surface area contributed by atoms with E-state index in [9.17, 15) is 13.6 Å². The molecule has 0 unspecified atom stereocenters. The molecule has 5 nitrogen and oxygen atoms in total. The first-order chi connectivity index (χ1) is 12.0. The first-order valence-corrected chi connectivity index (χ1v) is 7.81. The zero-order valence-electron chi connectivity index (χ0n) is 13.8. The third-order valence-electron chi connectivity index (χ3n) is 3.43. The Labute approximate surface area is 144 Å². The Morgan fingerprint density at radius 1 is 1.12 bits per heavy atom. The molecule has 0 aliphatic rings. The number of amides is 1. The van der Waals surface area contributed by atoms with Crippen molar-refractivity contribution in [3.05, 3.63) is 59.2 Å². The molecule has 0 radical (unpaired) electrons. The number of ether oxygens (including phenoxy) is 2. The number of hydrogen-bond acceptors (Lipinski definition) is 4. The van der Waals surface area contributed by atoms with Gasteiger partial charge in [0.15, 0.2) is 11.5 Å². The number of benzene rings is 2. The summed E-state index contributed by atoms with van der Waals surface area (Å²) in [5, 5.41) is 2.77. The molecule has 0 atom stereocenters. The second kappa shape index (κ2) is 8.98. The number of carbonyl (C=O) groups excluding carboxylic acids is 1. The Morgan fingerprint density at radius 2 is 1.80 bits per heavy atom. The van der Waals surface area contributed by atoms with Crippen LogP contribution in [0.3, 0.4) is 0 Å². The molecule has 0 fully saturated rings. The molecule has 0 saturated heterocycles. The largest absolute Gasteiger partial charge is 0.490 e. The van der Waals surface area contributed by atoms with Gasteiger partial charge in [-0.25, -0.2) is 0 Å². The first kappa shape index (κ1) is 18.7.